The van der Waals surface area contributed by atoms with Crippen molar-refractivity contribution in [1.82, 2.24) is 14.6 Å². The van der Waals surface area contributed by atoms with Gasteiger partial charge in [-0.1, -0.05) is 31.3 Å². The summed E-state index contributed by atoms with van der Waals surface area (Å²) in [7, 11) is 0. The second-order valence-corrected chi connectivity index (χ2v) is 6.33. The summed E-state index contributed by atoms with van der Waals surface area (Å²) >= 11 is 1.31. The van der Waals surface area contributed by atoms with Crippen LogP contribution < -0.4 is 5.32 Å². The van der Waals surface area contributed by atoms with Crippen molar-refractivity contribution in [3.63, 3.8) is 0 Å². The van der Waals surface area contributed by atoms with Gasteiger partial charge < -0.3 is 10.4 Å². The predicted octanol–water partition coefficient (Wildman–Crippen LogP) is 3.18. The summed E-state index contributed by atoms with van der Waals surface area (Å²) in [5, 5.41) is 20.6. The minimum absolute atomic E-state index is 0.113. The highest BCUT2D eigenvalue weighted by atomic mass is 32.1. The summed E-state index contributed by atoms with van der Waals surface area (Å²) in [6.07, 6.45) is 0. The Balaban J connectivity index is 1.96. The number of phenolic OH excluding ortho intramolecular Hbond substituents is 1. The Morgan fingerprint density at radius 3 is 2.82 bits per heavy atom. The Hall–Kier alpha value is -2.41. The summed E-state index contributed by atoms with van der Waals surface area (Å²) in [6, 6.07) is 6.47. The molecule has 0 aliphatic rings. The highest BCUT2D eigenvalue weighted by molar-refractivity contribution is 7.19. The van der Waals surface area contributed by atoms with E-state index in [4.69, 9.17) is 0 Å². The van der Waals surface area contributed by atoms with Gasteiger partial charge in [-0.3, -0.25) is 9.20 Å². The summed E-state index contributed by atoms with van der Waals surface area (Å²) in [4.78, 5) is 13.8. The molecule has 3 aromatic rings. The average molecular weight is 316 g/mol. The number of hydrogen-bond acceptors (Lipinski definition) is 5. The van der Waals surface area contributed by atoms with Crippen LogP contribution in [-0.2, 0) is 0 Å². The molecule has 6 nitrogen and oxygen atoms in total. The molecule has 3 rings (SSSR count). The van der Waals surface area contributed by atoms with Gasteiger partial charge in [-0.2, -0.15) is 0 Å². The smallest absolute Gasteiger partial charge is 0.267 e. The number of carbonyl (C=O) groups is 1. The van der Waals surface area contributed by atoms with Crippen molar-refractivity contribution < 1.29 is 9.90 Å². The number of aromatic hydroxyl groups is 1. The maximum Gasteiger partial charge on any atom is 0.267 e. The molecule has 0 radical (unpaired) electrons. The van der Waals surface area contributed by atoms with E-state index in [1.54, 1.807) is 18.2 Å². The Morgan fingerprint density at radius 2 is 2.14 bits per heavy atom. The number of hydrogen-bond donors (Lipinski definition) is 2. The van der Waals surface area contributed by atoms with E-state index in [1.165, 1.54) is 17.4 Å². The molecule has 0 aliphatic carbocycles. The fraction of sp³-hybridized carbons (Fsp3) is 0.267. The van der Waals surface area contributed by atoms with Crippen molar-refractivity contribution in [2.45, 2.75) is 26.7 Å². The number of anilines is 1. The third-order valence-electron chi connectivity index (χ3n) is 3.34. The molecule has 22 heavy (non-hydrogen) atoms. The fourth-order valence-electron chi connectivity index (χ4n) is 2.29. The summed E-state index contributed by atoms with van der Waals surface area (Å²) in [5.74, 6) is 0.973. The van der Waals surface area contributed by atoms with Gasteiger partial charge in [0.1, 0.15) is 16.5 Å². The second kappa shape index (κ2) is 5.42. The Morgan fingerprint density at radius 1 is 1.36 bits per heavy atom. The third kappa shape index (κ3) is 2.43. The van der Waals surface area contributed by atoms with Gasteiger partial charge in [-0.25, -0.2) is 0 Å². The standard InChI is InChI=1S/C15H16N4O2S/c1-8(2)13-17-18-15-19(13)9(3)12(22-15)14(21)16-10-5-4-6-11(20)7-10/h4-8,20H,1-3H3,(H,16,21). The number of phenols is 1. The maximum atomic E-state index is 12.5. The Bertz CT molecular complexity index is 850. The molecule has 7 heteroatoms. The van der Waals surface area contributed by atoms with Crippen molar-refractivity contribution in [3.05, 3.63) is 40.7 Å². The van der Waals surface area contributed by atoms with Crippen LogP contribution in [0, 0.1) is 6.92 Å². The molecule has 1 amide bonds. The minimum atomic E-state index is -0.215. The topological polar surface area (TPSA) is 79.5 Å². The van der Waals surface area contributed by atoms with Crippen molar-refractivity contribution in [2.24, 2.45) is 0 Å². The van der Waals surface area contributed by atoms with E-state index in [9.17, 15) is 9.90 Å². The molecule has 1 aromatic carbocycles. The van der Waals surface area contributed by atoms with E-state index in [-0.39, 0.29) is 17.6 Å². The first-order valence-electron chi connectivity index (χ1n) is 6.92. The van der Waals surface area contributed by atoms with E-state index in [1.807, 2.05) is 25.2 Å². The molecule has 0 aliphatic heterocycles. The van der Waals surface area contributed by atoms with Crippen LogP contribution in [0.25, 0.3) is 4.96 Å². The quantitative estimate of drug-likeness (QED) is 0.778. The Kier molecular flexibility index (Phi) is 3.58. The van der Waals surface area contributed by atoms with Crippen LogP contribution in [0.2, 0.25) is 0 Å². The van der Waals surface area contributed by atoms with Crippen molar-refractivity contribution in [1.29, 1.82) is 0 Å². The number of carbonyl (C=O) groups excluding carboxylic acids is 1. The van der Waals surface area contributed by atoms with Crippen molar-refractivity contribution in [2.75, 3.05) is 5.32 Å². The number of nitrogens with zero attached hydrogens (tertiary/aromatic N) is 3. The van der Waals surface area contributed by atoms with E-state index in [0.717, 1.165) is 11.5 Å². The lowest BCUT2D eigenvalue weighted by molar-refractivity contribution is 0.102. The number of amides is 1. The van der Waals surface area contributed by atoms with Crippen molar-refractivity contribution >= 4 is 27.9 Å². The molecular weight excluding hydrogens is 300 g/mol. The van der Waals surface area contributed by atoms with Crippen LogP contribution in [0.5, 0.6) is 5.75 Å². The number of aryl methyl sites for hydroxylation is 1. The molecular formula is C15H16N4O2S. The Labute approximate surface area is 131 Å². The second-order valence-electron chi connectivity index (χ2n) is 5.35. The van der Waals surface area contributed by atoms with Gasteiger partial charge in [0.15, 0.2) is 0 Å². The first-order chi connectivity index (χ1) is 10.5. The lowest BCUT2D eigenvalue weighted by Gasteiger charge is -2.06. The van der Waals surface area contributed by atoms with Gasteiger partial charge in [-0.15, -0.1) is 10.2 Å². The van der Waals surface area contributed by atoms with Crippen LogP contribution in [-0.4, -0.2) is 25.6 Å². The predicted molar refractivity (Wildman–Crippen MR) is 85.8 cm³/mol. The molecule has 0 fully saturated rings. The van der Waals surface area contributed by atoms with Crippen LogP contribution in [0.4, 0.5) is 5.69 Å². The first-order valence-corrected chi connectivity index (χ1v) is 7.74. The maximum absolute atomic E-state index is 12.5. The summed E-state index contributed by atoms with van der Waals surface area (Å²) < 4.78 is 1.92. The van der Waals surface area contributed by atoms with Gasteiger partial charge >= 0.3 is 0 Å². The van der Waals surface area contributed by atoms with Gasteiger partial charge in [0.05, 0.1) is 0 Å². The molecule has 0 atom stereocenters. The van der Waals surface area contributed by atoms with Crippen LogP contribution >= 0.6 is 11.3 Å². The minimum Gasteiger partial charge on any atom is -0.508 e. The van der Waals surface area contributed by atoms with Gasteiger partial charge in [0.25, 0.3) is 5.91 Å². The van der Waals surface area contributed by atoms with Gasteiger partial charge in [0.2, 0.25) is 4.96 Å². The number of fused-ring (bicyclic) bond motifs is 1. The average Bonchev–Trinajstić information content (AvgIpc) is 2.99. The molecule has 2 aromatic heterocycles. The number of rotatable bonds is 3. The van der Waals surface area contributed by atoms with E-state index in [0.29, 0.717) is 15.5 Å². The summed E-state index contributed by atoms with van der Waals surface area (Å²) in [5.41, 5.74) is 1.38. The highest BCUT2D eigenvalue weighted by Gasteiger charge is 2.21. The van der Waals surface area contributed by atoms with Crippen LogP contribution in [0.3, 0.4) is 0 Å². The van der Waals surface area contributed by atoms with E-state index >= 15 is 0 Å². The zero-order valence-corrected chi connectivity index (χ0v) is 13.3. The number of benzene rings is 1. The van der Waals surface area contributed by atoms with Crippen LogP contribution in [0.15, 0.2) is 24.3 Å². The monoisotopic (exact) mass is 316 g/mol. The van der Waals surface area contributed by atoms with Crippen LogP contribution in [0.1, 0.15) is 41.0 Å². The number of aromatic nitrogens is 3. The van der Waals surface area contributed by atoms with Gasteiger partial charge in [0, 0.05) is 23.4 Å². The highest BCUT2D eigenvalue weighted by Crippen LogP contribution is 2.26. The molecule has 114 valence electrons. The molecule has 0 saturated carbocycles. The normalized spacial score (nSPS) is 11.3. The molecule has 0 unspecified atom stereocenters. The van der Waals surface area contributed by atoms with Crippen molar-refractivity contribution in [3.8, 4) is 5.75 Å². The first kappa shape index (κ1) is 14.5. The molecule has 0 saturated heterocycles. The molecule has 0 bridgehead atoms. The molecule has 0 spiro atoms. The SMILES string of the molecule is Cc1c(C(=O)Nc2cccc(O)c2)sc2nnc(C(C)C)n12. The fourth-order valence-corrected chi connectivity index (χ4v) is 3.25. The molecule has 2 N–H and O–H groups in total. The van der Waals surface area contributed by atoms with Gasteiger partial charge in [-0.05, 0) is 19.1 Å². The van der Waals surface area contributed by atoms with E-state index < -0.39 is 0 Å². The zero-order valence-electron chi connectivity index (χ0n) is 12.5. The zero-order chi connectivity index (χ0) is 15.9. The third-order valence-corrected chi connectivity index (χ3v) is 4.47. The largest absolute Gasteiger partial charge is 0.508 e. The molecule has 2 heterocycles. The number of nitrogens with one attached hydrogen (secondary N) is 1. The lowest BCUT2D eigenvalue weighted by Crippen LogP contribution is -2.12. The summed E-state index contributed by atoms with van der Waals surface area (Å²) in [6.45, 7) is 5.97. The number of thiazole rings is 1. The van der Waals surface area contributed by atoms with E-state index in [2.05, 4.69) is 15.5 Å². The lowest BCUT2D eigenvalue weighted by atomic mass is 10.2.